The normalized spacial score (nSPS) is 21.6. The number of rotatable bonds is 5. The minimum absolute atomic E-state index is 0.626. The van der Waals surface area contributed by atoms with E-state index in [1.54, 1.807) is 0 Å². The molecule has 0 aromatic rings. The van der Waals surface area contributed by atoms with Crippen molar-refractivity contribution in [2.75, 3.05) is 0 Å². The van der Waals surface area contributed by atoms with E-state index >= 15 is 0 Å². The first-order chi connectivity index (χ1) is 5.96. The van der Waals surface area contributed by atoms with Crippen LogP contribution in [-0.4, -0.2) is 0 Å². The quantitative estimate of drug-likeness (QED) is 0.550. The molecule has 0 amide bonds. The zero-order valence-corrected chi connectivity index (χ0v) is 9.69. The molecule has 13 heavy (non-hydrogen) atoms. The average Bonchev–Trinajstić information content (AvgIpc) is 2.67. The van der Waals surface area contributed by atoms with Gasteiger partial charge in [0, 0.05) is 0 Å². The monoisotopic (exact) mass is 180 g/mol. The minimum atomic E-state index is 0.626. The van der Waals surface area contributed by atoms with Crippen molar-refractivity contribution in [3.05, 3.63) is 12.2 Å². The molecule has 1 unspecified atom stereocenters. The standard InChI is InChI=1S/C13H24/c1-10(2)6-7-12(11(3)4)13(5)8-9-13/h10,12H,3,6-9H2,1-2,4-5H3. The molecule has 76 valence electrons. The van der Waals surface area contributed by atoms with Crippen molar-refractivity contribution in [1.29, 1.82) is 0 Å². The van der Waals surface area contributed by atoms with Gasteiger partial charge in [0.1, 0.15) is 0 Å². The Hall–Kier alpha value is -0.260. The van der Waals surface area contributed by atoms with Gasteiger partial charge in [-0.2, -0.15) is 0 Å². The molecule has 1 atom stereocenters. The van der Waals surface area contributed by atoms with E-state index < -0.39 is 0 Å². The molecule has 0 N–H and O–H groups in total. The molecule has 0 saturated heterocycles. The van der Waals surface area contributed by atoms with E-state index in [9.17, 15) is 0 Å². The van der Waals surface area contributed by atoms with Gasteiger partial charge in [-0.3, -0.25) is 0 Å². The highest BCUT2D eigenvalue weighted by Gasteiger charge is 2.44. The van der Waals surface area contributed by atoms with Gasteiger partial charge >= 0.3 is 0 Å². The topological polar surface area (TPSA) is 0 Å². The Morgan fingerprint density at radius 2 is 1.85 bits per heavy atom. The highest BCUT2D eigenvalue weighted by molar-refractivity contribution is 5.09. The maximum absolute atomic E-state index is 4.14. The van der Waals surface area contributed by atoms with Crippen molar-refractivity contribution >= 4 is 0 Å². The summed E-state index contributed by atoms with van der Waals surface area (Å²) >= 11 is 0. The molecular formula is C13H24. The summed E-state index contributed by atoms with van der Waals surface area (Å²) < 4.78 is 0. The molecule has 0 bridgehead atoms. The summed E-state index contributed by atoms with van der Waals surface area (Å²) in [5.74, 6) is 1.62. The van der Waals surface area contributed by atoms with Gasteiger partial charge in [-0.25, -0.2) is 0 Å². The third-order valence-electron chi connectivity index (χ3n) is 3.51. The zero-order chi connectivity index (χ0) is 10.1. The highest BCUT2D eigenvalue weighted by atomic mass is 14.5. The summed E-state index contributed by atoms with van der Waals surface area (Å²) in [6.07, 6.45) is 5.54. The van der Waals surface area contributed by atoms with Gasteiger partial charge in [-0.15, -0.1) is 0 Å². The second-order valence-electron chi connectivity index (χ2n) is 5.52. The molecule has 0 spiro atoms. The van der Waals surface area contributed by atoms with E-state index in [4.69, 9.17) is 0 Å². The van der Waals surface area contributed by atoms with Crippen LogP contribution in [-0.2, 0) is 0 Å². The maximum Gasteiger partial charge on any atom is -0.0155 e. The molecule has 1 aliphatic carbocycles. The fourth-order valence-corrected chi connectivity index (χ4v) is 2.24. The number of hydrogen-bond donors (Lipinski definition) is 0. The van der Waals surface area contributed by atoms with Crippen LogP contribution < -0.4 is 0 Å². The van der Waals surface area contributed by atoms with Gasteiger partial charge < -0.3 is 0 Å². The van der Waals surface area contributed by atoms with Crippen LogP contribution in [0.15, 0.2) is 12.2 Å². The van der Waals surface area contributed by atoms with Crippen LogP contribution in [0.1, 0.15) is 53.4 Å². The Labute approximate surface area is 83.4 Å². The van der Waals surface area contributed by atoms with Crippen LogP contribution in [0.3, 0.4) is 0 Å². The summed E-state index contributed by atoms with van der Waals surface area (Å²) in [7, 11) is 0. The number of hydrogen-bond acceptors (Lipinski definition) is 0. The molecule has 0 aliphatic heterocycles. The summed E-state index contributed by atoms with van der Waals surface area (Å²) in [6, 6.07) is 0. The van der Waals surface area contributed by atoms with Gasteiger partial charge in [0.05, 0.1) is 0 Å². The first-order valence-electron chi connectivity index (χ1n) is 5.61. The summed E-state index contributed by atoms with van der Waals surface area (Å²) in [6.45, 7) is 13.4. The van der Waals surface area contributed by atoms with Crippen molar-refractivity contribution in [1.82, 2.24) is 0 Å². The maximum atomic E-state index is 4.14. The Bertz CT molecular complexity index is 184. The summed E-state index contributed by atoms with van der Waals surface area (Å²) in [5, 5.41) is 0. The largest absolute Gasteiger partial charge is 0.0998 e. The smallest absolute Gasteiger partial charge is 0.0155 e. The Morgan fingerprint density at radius 1 is 1.31 bits per heavy atom. The molecule has 1 fully saturated rings. The second kappa shape index (κ2) is 3.86. The van der Waals surface area contributed by atoms with Gasteiger partial charge in [0.2, 0.25) is 0 Å². The third kappa shape index (κ3) is 2.86. The van der Waals surface area contributed by atoms with Gasteiger partial charge in [-0.1, -0.05) is 39.3 Å². The van der Waals surface area contributed by atoms with Crippen molar-refractivity contribution in [2.45, 2.75) is 53.4 Å². The lowest BCUT2D eigenvalue weighted by atomic mass is 9.81. The fraction of sp³-hybridized carbons (Fsp3) is 0.846. The zero-order valence-electron chi connectivity index (χ0n) is 9.69. The Kier molecular flexibility index (Phi) is 3.21. The van der Waals surface area contributed by atoms with E-state index in [1.807, 2.05) is 0 Å². The number of allylic oxidation sites excluding steroid dienone is 1. The minimum Gasteiger partial charge on any atom is -0.0998 e. The fourth-order valence-electron chi connectivity index (χ4n) is 2.24. The average molecular weight is 180 g/mol. The van der Waals surface area contributed by atoms with Crippen molar-refractivity contribution in [3.63, 3.8) is 0 Å². The van der Waals surface area contributed by atoms with Crippen molar-refractivity contribution < 1.29 is 0 Å². The Balaban J connectivity index is 2.44. The van der Waals surface area contributed by atoms with E-state index in [1.165, 1.54) is 31.3 Å². The highest BCUT2D eigenvalue weighted by Crippen LogP contribution is 2.55. The second-order valence-corrected chi connectivity index (χ2v) is 5.52. The third-order valence-corrected chi connectivity index (χ3v) is 3.51. The van der Waals surface area contributed by atoms with Crippen LogP contribution in [0.25, 0.3) is 0 Å². The van der Waals surface area contributed by atoms with Crippen molar-refractivity contribution in [3.8, 4) is 0 Å². The van der Waals surface area contributed by atoms with E-state index in [2.05, 4.69) is 34.3 Å². The molecule has 0 aromatic carbocycles. The predicted molar refractivity (Wildman–Crippen MR) is 59.7 cm³/mol. The molecule has 0 nitrogen and oxygen atoms in total. The van der Waals surface area contributed by atoms with Gasteiger partial charge in [-0.05, 0) is 43.4 Å². The summed E-state index contributed by atoms with van der Waals surface area (Å²) in [5.41, 5.74) is 2.03. The SMILES string of the molecule is C=C(C)C(CCC(C)C)C1(C)CC1. The molecule has 1 saturated carbocycles. The molecule has 0 heteroatoms. The predicted octanol–water partition coefficient (Wildman–Crippen LogP) is 4.42. The summed E-state index contributed by atoms with van der Waals surface area (Å²) in [4.78, 5) is 0. The van der Waals surface area contributed by atoms with Crippen LogP contribution in [0.4, 0.5) is 0 Å². The van der Waals surface area contributed by atoms with E-state index in [0.29, 0.717) is 5.41 Å². The van der Waals surface area contributed by atoms with Gasteiger partial charge in [0.25, 0.3) is 0 Å². The van der Waals surface area contributed by atoms with Crippen molar-refractivity contribution in [2.24, 2.45) is 17.3 Å². The molecule has 0 aromatic heterocycles. The molecule has 0 heterocycles. The van der Waals surface area contributed by atoms with E-state index in [-0.39, 0.29) is 0 Å². The molecular weight excluding hydrogens is 156 g/mol. The molecule has 1 rings (SSSR count). The van der Waals surface area contributed by atoms with Crippen LogP contribution >= 0.6 is 0 Å². The van der Waals surface area contributed by atoms with Crippen LogP contribution in [0, 0.1) is 17.3 Å². The Morgan fingerprint density at radius 3 is 2.15 bits per heavy atom. The lowest BCUT2D eigenvalue weighted by Crippen LogP contribution is -2.14. The molecule has 1 aliphatic rings. The lowest BCUT2D eigenvalue weighted by molar-refractivity contribution is 0.337. The van der Waals surface area contributed by atoms with E-state index in [0.717, 1.165) is 11.8 Å². The molecule has 0 radical (unpaired) electrons. The van der Waals surface area contributed by atoms with Gasteiger partial charge in [0.15, 0.2) is 0 Å². The van der Waals surface area contributed by atoms with Crippen LogP contribution in [0.5, 0.6) is 0 Å². The first kappa shape index (κ1) is 10.8. The first-order valence-corrected chi connectivity index (χ1v) is 5.61. The van der Waals surface area contributed by atoms with Crippen LogP contribution in [0.2, 0.25) is 0 Å². The lowest BCUT2D eigenvalue weighted by Gasteiger charge is -2.24.